The summed E-state index contributed by atoms with van der Waals surface area (Å²) in [6, 6.07) is 3.15. The molecule has 2 unspecified atom stereocenters. The third-order valence-electron chi connectivity index (χ3n) is 2.64. The van der Waals surface area contributed by atoms with E-state index in [4.69, 9.17) is 4.74 Å². The Hall–Kier alpha value is -2.51. The smallest absolute Gasteiger partial charge is 0.316 e. The van der Waals surface area contributed by atoms with Gasteiger partial charge in [-0.15, -0.1) is 0 Å². The van der Waals surface area contributed by atoms with E-state index in [-0.39, 0.29) is 5.56 Å². The maximum Gasteiger partial charge on any atom is 0.316 e. The summed E-state index contributed by atoms with van der Waals surface area (Å²) in [5.41, 5.74) is -0.453. The highest BCUT2D eigenvalue weighted by atomic mass is 19.1. The highest BCUT2D eigenvalue weighted by Gasteiger charge is 2.23. The van der Waals surface area contributed by atoms with Crippen LogP contribution in [0.1, 0.15) is 32.3 Å². The molecular formula is C13H14FNO6. The fourth-order valence-corrected chi connectivity index (χ4v) is 1.60. The molecule has 1 aromatic rings. The summed E-state index contributed by atoms with van der Waals surface area (Å²) in [7, 11) is 0. The van der Waals surface area contributed by atoms with Crippen molar-refractivity contribution in [2.45, 2.75) is 33.0 Å². The number of nitro groups is 1. The van der Waals surface area contributed by atoms with Crippen molar-refractivity contribution >= 4 is 17.6 Å². The lowest BCUT2D eigenvalue weighted by molar-refractivity contribution is -0.387. The lowest BCUT2D eigenvalue weighted by Crippen LogP contribution is -2.23. The number of ether oxygens (including phenoxy) is 2. The van der Waals surface area contributed by atoms with Crippen LogP contribution < -0.4 is 0 Å². The highest BCUT2D eigenvalue weighted by Crippen LogP contribution is 2.24. The molecular weight excluding hydrogens is 285 g/mol. The largest absolute Gasteiger partial charge is 0.426 e. The molecule has 2 atom stereocenters. The highest BCUT2D eigenvalue weighted by molar-refractivity contribution is 5.78. The summed E-state index contributed by atoms with van der Waals surface area (Å²) in [5, 5.41) is 10.5. The van der Waals surface area contributed by atoms with Gasteiger partial charge in [0.15, 0.2) is 0 Å². The van der Waals surface area contributed by atoms with Gasteiger partial charge in [0.05, 0.1) is 10.8 Å². The molecule has 0 aliphatic heterocycles. The number of carbonyl (C=O) groups excluding carboxylic acids is 2. The van der Waals surface area contributed by atoms with Crippen LogP contribution in [0.25, 0.3) is 0 Å². The van der Waals surface area contributed by atoms with Crippen LogP contribution in [0.2, 0.25) is 0 Å². The van der Waals surface area contributed by atoms with Gasteiger partial charge in [0, 0.05) is 19.9 Å². The standard InChI is InChI=1S/C13H14FNO6/c1-7(13(17)21-9(3)20-8(2)16)10-4-5-12(15(18)19)11(14)6-10/h4-7,9H,1-3H3. The summed E-state index contributed by atoms with van der Waals surface area (Å²) in [6.07, 6.45) is -1.07. The second-order valence-electron chi connectivity index (χ2n) is 4.30. The molecule has 114 valence electrons. The maximum absolute atomic E-state index is 13.5. The Labute approximate surface area is 119 Å². The van der Waals surface area contributed by atoms with E-state index in [0.717, 1.165) is 12.1 Å². The minimum absolute atomic E-state index is 0.220. The molecule has 0 aliphatic rings. The van der Waals surface area contributed by atoms with E-state index in [0.29, 0.717) is 0 Å². The van der Waals surface area contributed by atoms with Crippen LogP contribution in [0.4, 0.5) is 10.1 Å². The molecule has 21 heavy (non-hydrogen) atoms. The van der Waals surface area contributed by atoms with Crippen molar-refractivity contribution in [2.24, 2.45) is 0 Å². The lowest BCUT2D eigenvalue weighted by atomic mass is 10.0. The Morgan fingerprint density at radius 3 is 2.38 bits per heavy atom. The number of halogens is 1. The topological polar surface area (TPSA) is 95.7 Å². The molecule has 0 fully saturated rings. The molecule has 0 saturated carbocycles. The van der Waals surface area contributed by atoms with Gasteiger partial charge >= 0.3 is 17.6 Å². The van der Waals surface area contributed by atoms with E-state index < -0.39 is 40.6 Å². The first-order valence-electron chi connectivity index (χ1n) is 6.04. The molecule has 0 heterocycles. The molecule has 7 nitrogen and oxygen atoms in total. The van der Waals surface area contributed by atoms with Gasteiger partial charge in [-0.25, -0.2) is 0 Å². The maximum atomic E-state index is 13.5. The van der Waals surface area contributed by atoms with E-state index in [9.17, 15) is 24.1 Å². The van der Waals surface area contributed by atoms with E-state index in [1.807, 2.05) is 0 Å². The molecule has 0 aliphatic carbocycles. The Morgan fingerprint density at radius 2 is 1.90 bits per heavy atom. The molecule has 0 amide bonds. The summed E-state index contributed by atoms with van der Waals surface area (Å²) in [6.45, 7) is 3.98. The number of benzene rings is 1. The van der Waals surface area contributed by atoms with Crippen molar-refractivity contribution in [1.82, 2.24) is 0 Å². The number of nitro benzene ring substituents is 1. The van der Waals surface area contributed by atoms with Gasteiger partial charge in [0.2, 0.25) is 12.1 Å². The second kappa shape index (κ2) is 6.78. The zero-order valence-electron chi connectivity index (χ0n) is 11.7. The Kier molecular flexibility index (Phi) is 5.34. The monoisotopic (exact) mass is 299 g/mol. The van der Waals surface area contributed by atoms with Gasteiger partial charge in [-0.05, 0) is 18.6 Å². The number of nitrogens with zero attached hydrogens (tertiary/aromatic N) is 1. The molecule has 0 aromatic heterocycles. The van der Waals surface area contributed by atoms with E-state index >= 15 is 0 Å². The van der Waals surface area contributed by atoms with Crippen molar-refractivity contribution in [1.29, 1.82) is 0 Å². The minimum atomic E-state index is -1.07. The number of carbonyl (C=O) groups is 2. The number of hydrogen-bond acceptors (Lipinski definition) is 6. The fraction of sp³-hybridized carbons (Fsp3) is 0.385. The quantitative estimate of drug-likeness (QED) is 0.358. The van der Waals surface area contributed by atoms with Gasteiger partial charge in [0.25, 0.3) is 0 Å². The first-order valence-corrected chi connectivity index (χ1v) is 6.04. The van der Waals surface area contributed by atoms with E-state index in [2.05, 4.69) is 4.74 Å². The van der Waals surface area contributed by atoms with Gasteiger partial charge in [-0.2, -0.15) is 4.39 Å². The molecule has 0 radical (unpaired) electrons. The molecule has 0 bridgehead atoms. The van der Waals surface area contributed by atoms with Crippen molar-refractivity contribution < 1.29 is 28.4 Å². The van der Waals surface area contributed by atoms with Crippen LogP contribution in [0.5, 0.6) is 0 Å². The van der Waals surface area contributed by atoms with Crippen LogP contribution in [-0.4, -0.2) is 23.2 Å². The Balaban J connectivity index is 2.81. The fourth-order valence-electron chi connectivity index (χ4n) is 1.60. The number of rotatable bonds is 5. The van der Waals surface area contributed by atoms with Crippen molar-refractivity contribution in [3.8, 4) is 0 Å². The Morgan fingerprint density at radius 1 is 1.29 bits per heavy atom. The van der Waals surface area contributed by atoms with Gasteiger partial charge < -0.3 is 9.47 Å². The number of hydrogen-bond donors (Lipinski definition) is 0. The normalized spacial score (nSPS) is 13.1. The van der Waals surface area contributed by atoms with Crippen LogP contribution in [0.3, 0.4) is 0 Å². The van der Waals surface area contributed by atoms with Gasteiger partial charge in [0.1, 0.15) is 0 Å². The van der Waals surface area contributed by atoms with Crippen LogP contribution >= 0.6 is 0 Å². The van der Waals surface area contributed by atoms with Gasteiger partial charge in [-0.1, -0.05) is 6.07 Å². The summed E-state index contributed by atoms with van der Waals surface area (Å²) in [5.74, 6) is -3.25. The molecule has 8 heteroatoms. The lowest BCUT2D eigenvalue weighted by Gasteiger charge is -2.16. The Bertz CT molecular complexity index is 574. The second-order valence-corrected chi connectivity index (χ2v) is 4.30. The SMILES string of the molecule is CC(=O)OC(C)OC(=O)C(C)c1ccc([N+](=O)[O-])c(F)c1. The van der Waals surface area contributed by atoms with Crippen molar-refractivity contribution in [3.63, 3.8) is 0 Å². The predicted octanol–water partition coefficient (Wildman–Crippen LogP) is 2.29. The number of esters is 2. The van der Waals surface area contributed by atoms with Gasteiger partial charge in [-0.3, -0.25) is 19.7 Å². The van der Waals surface area contributed by atoms with Crippen LogP contribution in [-0.2, 0) is 19.1 Å². The van der Waals surface area contributed by atoms with Crippen LogP contribution in [0, 0.1) is 15.9 Å². The summed E-state index contributed by atoms with van der Waals surface area (Å²) < 4.78 is 23.0. The van der Waals surface area contributed by atoms with Crippen LogP contribution in [0.15, 0.2) is 18.2 Å². The third kappa shape index (κ3) is 4.51. The van der Waals surface area contributed by atoms with Crippen molar-refractivity contribution in [3.05, 3.63) is 39.7 Å². The minimum Gasteiger partial charge on any atom is -0.426 e. The average Bonchev–Trinajstić information content (AvgIpc) is 2.35. The zero-order valence-corrected chi connectivity index (χ0v) is 11.7. The van der Waals surface area contributed by atoms with E-state index in [1.54, 1.807) is 0 Å². The van der Waals surface area contributed by atoms with Crippen molar-refractivity contribution in [2.75, 3.05) is 0 Å². The first-order chi connectivity index (χ1) is 9.72. The predicted molar refractivity (Wildman–Crippen MR) is 68.8 cm³/mol. The molecule has 1 rings (SSSR count). The molecule has 1 aromatic carbocycles. The molecule has 0 spiro atoms. The summed E-state index contributed by atoms with van der Waals surface area (Å²) in [4.78, 5) is 32.1. The first kappa shape index (κ1) is 16.5. The molecule has 0 saturated heterocycles. The zero-order chi connectivity index (χ0) is 16.2. The third-order valence-corrected chi connectivity index (χ3v) is 2.64. The van der Waals surface area contributed by atoms with E-state index in [1.165, 1.54) is 26.8 Å². The average molecular weight is 299 g/mol. The summed E-state index contributed by atoms with van der Waals surface area (Å²) >= 11 is 0. The molecule has 0 N–H and O–H groups in total.